The number of hydrazine groups is 1. The van der Waals surface area contributed by atoms with Crippen LogP contribution in [0.15, 0.2) is 18.5 Å². The minimum Gasteiger partial charge on any atom is -0.297 e. The van der Waals surface area contributed by atoms with Crippen LogP contribution >= 0.6 is 11.6 Å². The Kier molecular flexibility index (Phi) is 4.79. The lowest BCUT2D eigenvalue weighted by Gasteiger charge is -2.42. The maximum absolute atomic E-state index is 6.19. The fourth-order valence-electron chi connectivity index (χ4n) is 2.82. The van der Waals surface area contributed by atoms with Crippen molar-refractivity contribution < 1.29 is 0 Å². The molecule has 1 aromatic heterocycles. The van der Waals surface area contributed by atoms with Gasteiger partial charge in [-0.15, -0.1) is 0 Å². The van der Waals surface area contributed by atoms with E-state index in [0.29, 0.717) is 5.02 Å². The summed E-state index contributed by atoms with van der Waals surface area (Å²) in [6.07, 6.45) is 6.82. The molecule has 0 amide bonds. The average Bonchev–Trinajstić information content (AvgIpc) is 2.92. The second kappa shape index (κ2) is 6.18. The number of rotatable bonds is 5. The third kappa shape index (κ3) is 3.26. The van der Waals surface area contributed by atoms with E-state index < -0.39 is 0 Å². The molecule has 0 radical (unpaired) electrons. The third-order valence-electron chi connectivity index (χ3n) is 4.26. The summed E-state index contributed by atoms with van der Waals surface area (Å²) in [6.45, 7) is 6.79. The summed E-state index contributed by atoms with van der Waals surface area (Å²) >= 11 is 6.19. The van der Waals surface area contributed by atoms with E-state index in [1.165, 1.54) is 12.8 Å². The number of nitrogens with one attached hydrogen (secondary N) is 1. The summed E-state index contributed by atoms with van der Waals surface area (Å²) in [5.74, 6) is 5.79. The van der Waals surface area contributed by atoms with Crippen LogP contribution in [0.5, 0.6) is 0 Å². The first-order chi connectivity index (χ1) is 9.05. The van der Waals surface area contributed by atoms with Crippen LogP contribution in [0.3, 0.4) is 0 Å². The summed E-state index contributed by atoms with van der Waals surface area (Å²) in [6, 6.07) is 2.12. The van der Waals surface area contributed by atoms with Gasteiger partial charge < -0.3 is 0 Å². The van der Waals surface area contributed by atoms with Crippen LogP contribution in [-0.2, 0) is 6.42 Å². The Morgan fingerprint density at radius 3 is 2.74 bits per heavy atom. The van der Waals surface area contributed by atoms with Crippen LogP contribution in [0, 0.1) is 0 Å². The number of likely N-dealkylation sites (tertiary alicyclic amines) is 1. The van der Waals surface area contributed by atoms with Crippen molar-refractivity contribution in [1.29, 1.82) is 0 Å². The van der Waals surface area contributed by atoms with E-state index in [4.69, 9.17) is 17.4 Å². The number of aromatic nitrogens is 1. The Hall–Kier alpha value is -0.680. The van der Waals surface area contributed by atoms with Crippen molar-refractivity contribution >= 4 is 11.6 Å². The predicted octanol–water partition coefficient (Wildman–Crippen LogP) is 1.98. The van der Waals surface area contributed by atoms with Crippen molar-refractivity contribution in [2.45, 2.75) is 44.7 Å². The Morgan fingerprint density at radius 2 is 2.16 bits per heavy atom. The zero-order valence-electron chi connectivity index (χ0n) is 11.7. The number of hydrogen-bond donors (Lipinski definition) is 2. The Morgan fingerprint density at radius 1 is 1.47 bits per heavy atom. The Bertz CT molecular complexity index is 416. The summed E-state index contributed by atoms with van der Waals surface area (Å²) < 4.78 is 0. The van der Waals surface area contributed by atoms with Crippen LogP contribution in [0.1, 0.15) is 32.3 Å². The van der Waals surface area contributed by atoms with Gasteiger partial charge >= 0.3 is 0 Å². The van der Waals surface area contributed by atoms with Crippen LogP contribution in [0.2, 0.25) is 5.02 Å². The smallest absolute Gasteiger partial charge is 0.0621 e. The predicted molar refractivity (Wildman–Crippen MR) is 78.9 cm³/mol. The topological polar surface area (TPSA) is 54.2 Å². The zero-order valence-corrected chi connectivity index (χ0v) is 12.5. The maximum atomic E-state index is 6.19. The van der Waals surface area contributed by atoms with Crippen molar-refractivity contribution in [3.63, 3.8) is 0 Å². The molecule has 2 rings (SSSR count). The SMILES string of the molecule is CC(C)(C(Cc1ccncc1Cl)NN)N1CCCC1. The van der Waals surface area contributed by atoms with Gasteiger partial charge in [0.25, 0.3) is 0 Å². The summed E-state index contributed by atoms with van der Waals surface area (Å²) in [7, 11) is 0. The lowest BCUT2D eigenvalue weighted by Crippen LogP contribution is -2.59. The van der Waals surface area contributed by atoms with Gasteiger partial charge in [0.2, 0.25) is 0 Å². The number of nitrogens with two attached hydrogens (primary N) is 1. The fourth-order valence-corrected chi connectivity index (χ4v) is 3.01. The quantitative estimate of drug-likeness (QED) is 0.641. The van der Waals surface area contributed by atoms with Crippen molar-refractivity contribution in [3.05, 3.63) is 29.0 Å². The van der Waals surface area contributed by atoms with Crippen molar-refractivity contribution in [2.75, 3.05) is 13.1 Å². The van der Waals surface area contributed by atoms with Gasteiger partial charge in [-0.25, -0.2) is 0 Å². The zero-order chi connectivity index (χ0) is 13.9. The highest BCUT2D eigenvalue weighted by Gasteiger charge is 2.36. The molecule has 19 heavy (non-hydrogen) atoms. The molecule has 0 bridgehead atoms. The monoisotopic (exact) mass is 282 g/mol. The molecule has 1 unspecified atom stereocenters. The lowest BCUT2D eigenvalue weighted by molar-refractivity contribution is 0.106. The summed E-state index contributed by atoms with van der Waals surface area (Å²) in [4.78, 5) is 6.53. The minimum atomic E-state index is 0.0118. The largest absolute Gasteiger partial charge is 0.297 e. The van der Waals surface area contributed by atoms with Gasteiger partial charge in [-0.1, -0.05) is 11.6 Å². The second-order valence-corrected chi connectivity index (χ2v) is 6.15. The standard InChI is InChI=1S/C14H23ClN4/c1-14(2,19-7-3-4-8-19)13(18-16)9-11-5-6-17-10-12(11)15/h5-6,10,13,18H,3-4,7-9,16H2,1-2H3. The molecule has 1 fully saturated rings. The van der Waals surface area contributed by atoms with Crippen LogP contribution in [-0.4, -0.2) is 34.6 Å². The molecule has 0 saturated carbocycles. The molecule has 1 saturated heterocycles. The number of nitrogens with zero attached hydrogens (tertiary/aromatic N) is 2. The fraction of sp³-hybridized carbons (Fsp3) is 0.643. The number of pyridine rings is 1. The molecule has 0 aliphatic carbocycles. The van der Waals surface area contributed by atoms with Gasteiger partial charge in [0.1, 0.15) is 0 Å². The molecule has 5 heteroatoms. The van der Waals surface area contributed by atoms with Gasteiger partial charge in [-0.05, 0) is 57.8 Å². The molecule has 2 heterocycles. The maximum Gasteiger partial charge on any atom is 0.0621 e. The van der Waals surface area contributed by atoms with Gasteiger partial charge in [0.05, 0.1) is 5.02 Å². The van der Waals surface area contributed by atoms with E-state index in [0.717, 1.165) is 25.1 Å². The van der Waals surface area contributed by atoms with Crippen molar-refractivity contribution in [2.24, 2.45) is 5.84 Å². The second-order valence-electron chi connectivity index (χ2n) is 5.74. The van der Waals surface area contributed by atoms with Crippen molar-refractivity contribution in [1.82, 2.24) is 15.3 Å². The highest BCUT2D eigenvalue weighted by molar-refractivity contribution is 6.31. The minimum absolute atomic E-state index is 0.0118. The molecule has 1 aliphatic heterocycles. The first kappa shape index (κ1) is 14.7. The molecule has 106 valence electrons. The number of halogens is 1. The average molecular weight is 283 g/mol. The number of hydrogen-bond acceptors (Lipinski definition) is 4. The van der Waals surface area contributed by atoms with E-state index in [2.05, 4.69) is 29.2 Å². The highest BCUT2D eigenvalue weighted by Crippen LogP contribution is 2.27. The Labute approximate surface area is 120 Å². The van der Waals surface area contributed by atoms with Crippen molar-refractivity contribution in [3.8, 4) is 0 Å². The summed E-state index contributed by atoms with van der Waals surface area (Å²) in [5, 5.41) is 0.708. The van der Waals surface area contributed by atoms with E-state index >= 15 is 0 Å². The first-order valence-corrected chi connectivity index (χ1v) is 7.23. The van der Waals surface area contributed by atoms with Crippen LogP contribution < -0.4 is 11.3 Å². The summed E-state index contributed by atoms with van der Waals surface area (Å²) in [5.41, 5.74) is 4.08. The molecule has 1 aromatic rings. The first-order valence-electron chi connectivity index (χ1n) is 6.85. The van der Waals surface area contributed by atoms with Gasteiger partial charge in [-0.2, -0.15) is 0 Å². The van der Waals surface area contributed by atoms with Gasteiger partial charge in [0.15, 0.2) is 0 Å². The molecule has 4 nitrogen and oxygen atoms in total. The third-order valence-corrected chi connectivity index (χ3v) is 4.60. The molecule has 0 aromatic carbocycles. The van der Waals surface area contributed by atoms with E-state index in [1.807, 2.05) is 6.07 Å². The van der Waals surface area contributed by atoms with E-state index in [1.54, 1.807) is 12.4 Å². The molecule has 1 atom stereocenters. The van der Waals surface area contributed by atoms with Crippen LogP contribution in [0.4, 0.5) is 0 Å². The van der Waals surface area contributed by atoms with E-state index in [9.17, 15) is 0 Å². The highest BCUT2D eigenvalue weighted by atomic mass is 35.5. The molecular formula is C14H23ClN4. The van der Waals surface area contributed by atoms with E-state index in [-0.39, 0.29) is 11.6 Å². The lowest BCUT2D eigenvalue weighted by atomic mass is 9.88. The molecule has 0 spiro atoms. The van der Waals surface area contributed by atoms with Crippen LogP contribution in [0.25, 0.3) is 0 Å². The molecule has 1 aliphatic rings. The van der Waals surface area contributed by atoms with Gasteiger partial charge in [0, 0.05) is 24.0 Å². The molecular weight excluding hydrogens is 260 g/mol. The Balaban J connectivity index is 2.13. The van der Waals surface area contributed by atoms with Gasteiger partial charge in [-0.3, -0.25) is 21.2 Å². The molecule has 3 N–H and O–H groups in total. The normalized spacial score (nSPS) is 18.7.